The quantitative estimate of drug-likeness (QED) is 0.0218. The van der Waals surface area contributed by atoms with Gasteiger partial charge in [-0.2, -0.15) is 0 Å². The first kappa shape index (κ1) is 78.4. The average Bonchev–Trinajstić information content (AvgIpc) is 0.757. The van der Waals surface area contributed by atoms with Gasteiger partial charge in [0.1, 0.15) is 91.9 Å². The third-order valence-electron chi connectivity index (χ3n) is 19.2. The van der Waals surface area contributed by atoms with Crippen LogP contribution >= 0.6 is 0 Å². The highest BCUT2D eigenvalue weighted by Gasteiger charge is 2.60. The summed E-state index contributed by atoms with van der Waals surface area (Å²) < 4.78 is 106. The number of hydrogen-bond acceptors (Lipinski definition) is 23. The Hall–Kier alpha value is -8.17. The number of carbonyl (C=O) groups is 5. The van der Waals surface area contributed by atoms with Gasteiger partial charge in [0.15, 0.2) is 43.8 Å². The Morgan fingerprint density at radius 1 is 0.458 bits per heavy atom. The highest BCUT2D eigenvalue weighted by molar-refractivity contribution is 5.74. The monoisotopic (exact) mass is 1480 g/mol. The number of hydrogen-bond donors (Lipinski definition) is 5. The molecule has 6 saturated heterocycles. The summed E-state index contributed by atoms with van der Waals surface area (Å²) in [6.45, 7) is 7.43. The van der Waals surface area contributed by atoms with E-state index in [-0.39, 0.29) is 46.2 Å². The number of aliphatic hydroxyl groups excluding tert-OH is 2. The maximum absolute atomic E-state index is 13.9. The van der Waals surface area contributed by atoms with Crippen LogP contribution in [-0.2, 0) is 121 Å². The summed E-state index contributed by atoms with van der Waals surface area (Å²) in [5.74, 6) is -2.41. The van der Waals surface area contributed by atoms with Gasteiger partial charge in [-0.3, -0.25) is 19.2 Å². The van der Waals surface area contributed by atoms with Crippen LogP contribution in [0.1, 0.15) is 99.8 Å². The zero-order chi connectivity index (χ0) is 74.8. The van der Waals surface area contributed by atoms with Crippen molar-refractivity contribution in [2.24, 2.45) is 0 Å². The van der Waals surface area contributed by atoms with E-state index in [1.165, 1.54) is 27.7 Å². The molecule has 574 valence electrons. The van der Waals surface area contributed by atoms with E-state index in [0.717, 1.165) is 27.8 Å². The van der Waals surface area contributed by atoms with Crippen molar-refractivity contribution >= 4 is 29.8 Å². The third kappa shape index (κ3) is 21.0. The Morgan fingerprint density at radius 3 is 1.45 bits per heavy atom. The largest absolute Gasteiger partial charge is 0.457 e. The molecule has 0 radical (unpaired) electrons. The molecule has 6 aliphatic rings. The Kier molecular flexibility index (Phi) is 28.0. The predicted molar refractivity (Wildman–Crippen MR) is 380 cm³/mol. The van der Waals surface area contributed by atoms with E-state index in [9.17, 15) is 34.2 Å². The van der Waals surface area contributed by atoms with Crippen LogP contribution in [0.25, 0.3) is 0 Å². The highest BCUT2D eigenvalue weighted by atomic mass is 16.8. The number of nitrogens with one attached hydrogen (secondary N) is 3. The molecule has 27 nitrogen and oxygen atoms in total. The molecular formula is C80H96N4O23. The van der Waals surface area contributed by atoms with Gasteiger partial charge in [-0.1, -0.05) is 182 Å². The van der Waals surface area contributed by atoms with E-state index < -0.39 is 165 Å². The van der Waals surface area contributed by atoms with Gasteiger partial charge in [-0.05, 0) is 48.4 Å². The molecule has 0 aliphatic carbocycles. The molecule has 6 fully saturated rings. The molecule has 6 aromatic carbocycles. The lowest BCUT2D eigenvalue weighted by Gasteiger charge is -2.54. The van der Waals surface area contributed by atoms with Crippen LogP contribution < -0.4 is 16.0 Å². The summed E-state index contributed by atoms with van der Waals surface area (Å²) in [4.78, 5) is 69.9. The van der Waals surface area contributed by atoms with Crippen molar-refractivity contribution in [2.75, 3.05) is 33.0 Å². The van der Waals surface area contributed by atoms with Crippen LogP contribution in [0.2, 0.25) is 0 Å². The van der Waals surface area contributed by atoms with Crippen LogP contribution in [0, 0.1) is 0 Å². The molecule has 6 aromatic rings. The molecule has 5 N–H and O–H groups in total. The number of benzene rings is 6. The molecule has 0 aromatic heterocycles. The predicted octanol–water partition coefficient (Wildman–Crippen LogP) is 7.29. The molecule has 0 spiro atoms. The lowest BCUT2D eigenvalue weighted by molar-refractivity contribution is -0.391. The Balaban J connectivity index is 0.814. The number of ether oxygens (including phenoxy) is 16. The van der Waals surface area contributed by atoms with Crippen molar-refractivity contribution < 1.29 is 110 Å². The standard InChI is InChI=1S/C80H96N4O23/c1-48-67(99-52(5)88)72(106-77-62(81-49(2)85)71(94-43-55-31-17-8-18-32-55)69-60(100-77)46-95-74(104-69)57-35-21-10-22-36-57)63(82-50(3)86)76(98-48)107-73-64(83-51(4)87)78(101-61-47-96-75(105-70(61)73)58-37-23-11-24-38-58)103-68-59(45-92-42-54-29-15-7-16-30-54)102-79(66(90)65(68)89)93-40-26-12-25-39-84(41-53-27-13-6-14-28-53)80(91)97-44-56-33-19-9-20-34-56/h6-11,13-24,27-38,48,59-79,89-90H,12,25-26,39-47H2,1-5H3,(H,81,85)(H,82,86)(H,83,87)/t48?,59-,60-,61-,62+,63?,64-,65-,66-,67?,68+,69-,70+,71-,72?,73-,74-,75+,76?,77+,78-,79+/m1/s1. The van der Waals surface area contributed by atoms with Gasteiger partial charge in [0.2, 0.25) is 17.7 Å². The Morgan fingerprint density at radius 2 is 0.916 bits per heavy atom. The number of aliphatic hydroxyl groups is 2. The van der Waals surface area contributed by atoms with Gasteiger partial charge in [0.05, 0.1) is 39.1 Å². The number of fused-ring (bicyclic) bond motifs is 2. The smallest absolute Gasteiger partial charge is 0.410 e. The molecule has 4 amide bonds. The molecule has 6 heterocycles. The van der Waals surface area contributed by atoms with Crippen LogP contribution in [-0.4, -0.2) is 201 Å². The van der Waals surface area contributed by atoms with Crippen LogP contribution in [0.4, 0.5) is 4.79 Å². The Bertz CT molecular complexity index is 3750. The fourth-order valence-electron chi connectivity index (χ4n) is 14.2. The second-order valence-electron chi connectivity index (χ2n) is 27.4. The van der Waals surface area contributed by atoms with E-state index in [0.29, 0.717) is 37.9 Å². The minimum absolute atomic E-state index is 0.0256. The van der Waals surface area contributed by atoms with E-state index in [2.05, 4.69) is 16.0 Å². The number of nitrogens with zero attached hydrogens (tertiary/aromatic N) is 1. The molecule has 107 heavy (non-hydrogen) atoms. The maximum atomic E-state index is 13.9. The highest BCUT2D eigenvalue weighted by Crippen LogP contribution is 2.42. The van der Waals surface area contributed by atoms with Gasteiger partial charge >= 0.3 is 12.1 Å². The van der Waals surface area contributed by atoms with Crippen molar-refractivity contribution in [3.8, 4) is 0 Å². The number of carbonyl (C=O) groups excluding carboxylic acids is 5. The number of unbranched alkanes of at least 4 members (excludes halogenated alkanes) is 2. The SMILES string of the molecule is CC(=O)NC1C(O[C@@H]2[C@@H](NC(C)=O)[C@@H](O[C@@H]3[C@H](O)[C@@H](O)[C@@H](OCCCCCN(Cc4ccccc4)C(=O)OCc4ccccc4)O[C@@H]3COCc3ccccc3)O[C@@H]3CO[C@H](c4ccccc4)O[C@H]23)OC(C)C(OC(C)=O)C1O[C@@H]1O[C@@H]2CO[C@@H](c3ccccc3)O[C@H]2[C@H](OCc2ccccc2)[C@@H]1NC(C)=O. The van der Waals surface area contributed by atoms with Crippen molar-refractivity contribution in [3.05, 3.63) is 215 Å². The fraction of sp³-hybridized carbons (Fsp3) is 0.487. The minimum atomic E-state index is -1.76. The van der Waals surface area contributed by atoms with Gasteiger partial charge in [0, 0.05) is 58.5 Å². The van der Waals surface area contributed by atoms with Crippen LogP contribution in [0.3, 0.4) is 0 Å². The topological polar surface area (TPSA) is 313 Å². The first-order valence-corrected chi connectivity index (χ1v) is 36.5. The second-order valence-corrected chi connectivity index (χ2v) is 27.4. The summed E-state index contributed by atoms with van der Waals surface area (Å²) in [6, 6.07) is 52.4. The first-order valence-electron chi connectivity index (χ1n) is 36.5. The number of amides is 4. The fourth-order valence-corrected chi connectivity index (χ4v) is 14.2. The molecule has 0 bridgehead atoms. The summed E-state index contributed by atoms with van der Waals surface area (Å²) >= 11 is 0. The summed E-state index contributed by atoms with van der Waals surface area (Å²) in [5, 5.41) is 33.5. The summed E-state index contributed by atoms with van der Waals surface area (Å²) in [5.41, 5.74) is 4.81. The van der Waals surface area contributed by atoms with Gasteiger partial charge in [-0.15, -0.1) is 0 Å². The molecular weight excluding hydrogens is 1380 g/mol. The molecule has 5 unspecified atom stereocenters. The summed E-state index contributed by atoms with van der Waals surface area (Å²) in [6.07, 6.45) is -23.1. The maximum Gasteiger partial charge on any atom is 0.410 e. The van der Waals surface area contributed by atoms with E-state index in [1.54, 1.807) is 11.8 Å². The van der Waals surface area contributed by atoms with Gasteiger partial charge in [0.25, 0.3) is 0 Å². The van der Waals surface area contributed by atoms with E-state index in [4.69, 9.17) is 75.8 Å². The van der Waals surface area contributed by atoms with E-state index in [1.807, 2.05) is 182 Å². The summed E-state index contributed by atoms with van der Waals surface area (Å²) in [7, 11) is 0. The van der Waals surface area contributed by atoms with Crippen molar-refractivity contribution in [2.45, 2.75) is 215 Å². The molecule has 27 heteroatoms. The zero-order valence-corrected chi connectivity index (χ0v) is 60.4. The van der Waals surface area contributed by atoms with Crippen LogP contribution in [0.5, 0.6) is 0 Å². The number of esters is 1. The molecule has 22 atom stereocenters. The average molecular weight is 1480 g/mol. The Labute approximate surface area is 621 Å². The van der Waals surface area contributed by atoms with Crippen molar-refractivity contribution in [1.29, 1.82) is 0 Å². The van der Waals surface area contributed by atoms with Crippen molar-refractivity contribution in [3.63, 3.8) is 0 Å². The van der Waals surface area contributed by atoms with Crippen LogP contribution in [0.15, 0.2) is 182 Å². The lowest BCUT2D eigenvalue weighted by atomic mass is 9.92. The third-order valence-corrected chi connectivity index (χ3v) is 19.2. The van der Waals surface area contributed by atoms with Crippen molar-refractivity contribution in [1.82, 2.24) is 20.9 Å². The molecule has 6 aliphatic heterocycles. The minimum Gasteiger partial charge on any atom is -0.457 e. The molecule has 0 saturated carbocycles. The second kappa shape index (κ2) is 38.3. The van der Waals surface area contributed by atoms with Gasteiger partial charge in [-0.25, -0.2) is 4.79 Å². The number of rotatable bonds is 30. The zero-order valence-electron chi connectivity index (χ0n) is 60.4. The normalized spacial score (nSPS) is 31.2. The lowest BCUT2D eigenvalue weighted by Crippen LogP contribution is -2.73. The van der Waals surface area contributed by atoms with E-state index >= 15 is 0 Å². The van der Waals surface area contributed by atoms with Gasteiger partial charge < -0.3 is 107 Å². The molecule has 12 rings (SSSR count). The first-order chi connectivity index (χ1) is 52.0.